The third-order valence-corrected chi connectivity index (χ3v) is 4.53. The lowest BCUT2D eigenvalue weighted by Gasteiger charge is -2.09. The number of nitrogens with zero attached hydrogens (tertiary/aromatic N) is 3. The molecule has 1 heterocycles. The van der Waals surface area contributed by atoms with Crippen LogP contribution in [-0.4, -0.2) is 32.3 Å². The second-order valence-electron chi connectivity index (χ2n) is 5.60. The van der Waals surface area contributed by atoms with Crippen molar-refractivity contribution in [1.82, 2.24) is 14.8 Å². The van der Waals surface area contributed by atoms with Crippen LogP contribution in [0.1, 0.15) is 24.6 Å². The molecule has 2 amide bonds. The molecule has 1 aliphatic carbocycles. The van der Waals surface area contributed by atoms with E-state index in [-0.39, 0.29) is 18.2 Å². The van der Waals surface area contributed by atoms with E-state index in [2.05, 4.69) is 15.5 Å². The number of halogens is 2. The first-order chi connectivity index (χ1) is 12.0. The first kappa shape index (κ1) is 17.3. The zero-order valence-corrected chi connectivity index (χ0v) is 13.9. The number of para-hydroxylation sites is 1. The van der Waals surface area contributed by atoms with Crippen LogP contribution in [0.15, 0.2) is 23.4 Å². The molecular formula is C15H15F2N5O2S. The van der Waals surface area contributed by atoms with Gasteiger partial charge in [-0.05, 0) is 25.0 Å². The van der Waals surface area contributed by atoms with Crippen molar-refractivity contribution in [3.05, 3.63) is 35.7 Å². The second kappa shape index (κ2) is 7.18. The van der Waals surface area contributed by atoms with Gasteiger partial charge in [0.25, 0.3) is 0 Å². The number of carbonyl (C=O) groups is 2. The van der Waals surface area contributed by atoms with E-state index in [1.165, 1.54) is 6.07 Å². The van der Waals surface area contributed by atoms with E-state index in [0.29, 0.717) is 11.0 Å². The minimum atomic E-state index is -0.855. The average Bonchev–Trinajstić information content (AvgIpc) is 3.31. The molecule has 0 radical (unpaired) electrons. The van der Waals surface area contributed by atoms with Gasteiger partial charge in [-0.1, -0.05) is 17.8 Å². The van der Waals surface area contributed by atoms with Gasteiger partial charge in [0.05, 0.1) is 5.75 Å². The number of aromatic nitrogens is 3. The summed E-state index contributed by atoms with van der Waals surface area (Å²) in [7, 11) is 0. The van der Waals surface area contributed by atoms with Gasteiger partial charge in [0.15, 0.2) is 5.16 Å². The Balaban J connectivity index is 1.67. The van der Waals surface area contributed by atoms with Crippen LogP contribution in [0, 0.1) is 11.6 Å². The molecule has 1 saturated carbocycles. The van der Waals surface area contributed by atoms with E-state index < -0.39 is 29.1 Å². The van der Waals surface area contributed by atoms with Gasteiger partial charge in [-0.3, -0.25) is 14.2 Å². The summed E-state index contributed by atoms with van der Waals surface area (Å²) < 4.78 is 28.7. The van der Waals surface area contributed by atoms with E-state index >= 15 is 0 Å². The minimum absolute atomic E-state index is 0.0786. The molecule has 2 aromatic rings. The van der Waals surface area contributed by atoms with Gasteiger partial charge in [0.1, 0.15) is 29.7 Å². The Hall–Kier alpha value is -2.49. The lowest BCUT2D eigenvalue weighted by molar-refractivity contribution is -0.118. The zero-order valence-electron chi connectivity index (χ0n) is 13.0. The molecular weight excluding hydrogens is 352 g/mol. The summed E-state index contributed by atoms with van der Waals surface area (Å²) in [5.41, 5.74) is 4.75. The Labute approximate surface area is 146 Å². The van der Waals surface area contributed by atoms with Gasteiger partial charge in [0, 0.05) is 5.92 Å². The third-order valence-electron chi connectivity index (χ3n) is 3.56. The number of nitrogens with two attached hydrogens (primary N) is 1. The molecule has 10 heteroatoms. The highest BCUT2D eigenvalue weighted by Crippen LogP contribution is 2.40. The summed E-state index contributed by atoms with van der Waals surface area (Å²) in [4.78, 5) is 23.2. The quantitative estimate of drug-likeness (QED) is 0.725. The maximum Gasteiger partial charge on any atom is 0.237 e. The largest absolute Gasteiger partial charge is 0.368 e. The van der Waals surface area contributed by atoms with Crippen molar-refractivity contribution in [2.45, 2.75) is 30.5 Å². The molecule has 0 aliphatic heterocycles. The number of carbonyl (C=O) groups excluding carboxylic acids is 2. The molecule has 7 nitrogen and oxygen atoms in total. The summed E-state index contributed by atoms with van der Waals surface area (Å²) in [6, 6.07) is 3.31. The number of benzene rings is 1. The normalized spacial score (nSPS) is 13.7. The topological polar surface area (TPSA) is 103 Å². The Morgan fingerprint density at radius 2 is 1.96 bits per heavy atom. The molecule has 0 spiro atoms. The van der Waals surface area contributed by atoms with Crippen molar-refractivity contribution in [2.75, 3.05) is 11.1 Å². The molecule has 0 unspecified atom stereocenters. The maximum atomic E-state index is 13.5. The summed E-state index contributed by atoms with van der Waals surface area (Å²) in [6.07, 6.45) is 1.93. The van der Waals surface area contributed by atoms with E-state index in [4.69, 9.17) is 5.73 Å². The van der Waals surface area contributed by atoms with Crippen LogP contribution in [0.4, 0.5) is 14.5 Å². The van der Waals surface area contributed by atoms with Crippen molar-refractivity contribution in [1.29, 1.82) is 0 Å². The second-order valence-corrected chi connectivity index (χ2v) is 6.54. The lowest BCUT2D eigenvalue weighted by Crippen LogP contribution is -2.21. The van der Waals surface area contributed by atoms with Crippen LogP contribution in [0.5, 0.6) is 0 Å². The average molecular weight is 367 g/mol. The fraction of sp³-hybridized carbons (Fsp3) is 0.333. The van der Waals surface area contributed by atoms with Crippen molar-refractivity contribution in [3.63, 3.8) is 0 Å². The number of anilines is 1. The highest BCUT2D eigenvalue weighted by Gasteiger charge is 2.31. The summed E-state index contributed by atoms with van der Waals surface area (Å²) in [5.74, 6) is -2.08. The Kier molecular flexibility index (Phi) is 4.98. The molecule has 3 N–H and O–H groups in total. The molecule has 1 aromatic heterocycles. The number of rotatable bonds is 7. The molecule has 1 aliphatic rings. The first-order valence-corrected chi connectivity index (χ1v) is 8.52. The standard InChI is InChI=1S/C15H15F2N5O2S/c16-9-2-1-3-10(17)13(9)19-12(24)7-25-15-21-20-14(8-4-5-8)22(15)6-11(18)23/h1-3,8H,4-7H2,(H2,18,23)(H,19,24). The van der Waals surface area contributed by atoms with E-state index in [1.54, 1.807) is 4.57 Å². The molecule has 3 rings (SSSR count). The van der Waals surface area contributed by atoms with E-state index in [1.807, 2.05) is 0 Å². The van der Waals surface area contributed by atoms with Crippen LogP contribution in [0.3, 0.4) is 0 Å². The first-order valence-electron chi connectivity index (χ1n) is 7.53. The van der Waals surface area contributed by atoms with Crippen molar-refractivity contribution < 1.29 is 18.4 Å². The fourth-order valence-corrected chi connectivity index (χ4v) is 3.02. The molecule has 0 atom stereocenters. The zero-order chi connectivity index (χ0) is 18.0. The molecule has 0 bridgehead atoms. The Morgan fingerprint density at radius 3 is 2.56 bits per heavy atom. The fourth-order valence-electron chi connectivity index (χ4n) is 2.28. The van der Waals surface area contributed by atoms with Gasteiger partial charge in [-0.25, -0.2) is 8.78 Å². The summed E-state index contributed by atoms with van der Waals surface area (Å²) in [6.45, 7) is -0.0786. The lowest BCUT2D eigenvalue weighted by atomic mass is 10.3. The number of hydrogen-bond acceptors (Lipinski definition) is 5. The number of hydrogen-bond donors (Lipinski definition) is 2. The van der Waals surface area contributed by atoms with Gasteiger partial charge >= 0.3 is 0 Å². The van der Waals surface area contributed by atoms with Crippen LogP contribution in [-0.2, 0) is 16.1 Å². The predicted molar refractivity (Wildman–Crippen MR) is 86.9 cm³/mol. The number of primary amides is 1. The maximum absolute atomic E-state index is 13.5. The van der Waals surface area contributed by atoms with Gasteiger partial charge in [-0.2, -0.15) is 0 Å². The summed E-state index contributed by atoms with van der Waals surface area (Å²) in [5, 5.41) is 10.6. The van der Waals surface area contributed by atoms with Gasteiger partial charge in [0.2, 0.25) is 11.8 Å². The Morgan fingerprint density at radius 1 is 1.28 bits per heavy atom. The number of nitrogens with one attached hydrogen (secondary N) is 1. The van der Waals surface area contributed by atoms with Crippen LogP contribution in [0.25, 0.3) is 0 Å². The highest BCUT2D eigenvalue weighted by atomic mass is 32.2. The number of thioether (sulfide) groups is 1. The smallest absolute Gasteiger partial charge is 0.237 e. The summed E-state index contributed by atoms with van der Waals surface area (Å²) >= 11 is 1.02. The molecule has 132 valence electrons. The molecule has 1 aromatic carbocycles. The molecule has 25 heavy (non-hydrogen) atoms. The third kappa shape index (κ3) is 4.13. The van der Waals surface area contributed by atoms with E-state index in [0.717, 1.165) is 36.7 Å². The van der Waals surface area contributed by atoms with E-state index in [9.17, 15) is 18.4 Å². The van der Waals surface area contributed by atoms with Crippen LogP contribution in [0.2, 0.25) is 0 Å². The monoisotopic (exact) mass is 367 g/mol. The van der Waals surface area contributed by atoms with Crippen molar-refractivity contribution >= 4 is 29.3 Å². The highest BCUT2D eigenvalue weighted by molar-refractivity contribution is 7.99. The molecule has 1 fully saturated rings. The van der Waals surface area contributed by atoms with Crippen molar-refractivity contribution in [3.8, 4) is 0 Å². The SMILES string of the molecule is NC(=O)Cn1c(SCC(=O)Nc2c(F)cccc2F)nnc1C1CC1. The van der Waals surface area contributed by atoms with Gasteiger partial charge in [-0.15, -0.1) is 10.2 Å². The minimum Gasteiger partial charge on any atom is -0.368 e. The Bertz CT molecular complexity index is 802. The van der Waals surface area contributed by atoms with Crippen LogP contribution < -0.4 is 11.1 Å². The predicted octanol–water partition coefficient (Wildman–Crippen LogP) is 1.65. The molecule has 0 saturated heterocycles. The number of amides is 2. The van der Waals surface area contributed by atoms with Crippen molar-refractivity contribution in [2.24, 2.45) is 5.73 Å². The van der Waals surface area contributed by atoms with Crippen LogP contribution >= 0.6 is 11.8 Å². The van der Waals surface area contributed by atoms with Gasteiger partial charge < -0.3 is 11.1 Å².